The fraction of sp³-hybridized carbons (Fsp3) is 0.176. The second-order valence-electron chi connectivity index (χ2n) is 5.26. The number of aromatic hydroxyl groups is 1. The van der Waals surface area contributed by atoms with Crippen LogP contribution >= 0.6 is 0 Å². The van der Waals surface area contributed by atoms with Crippen molar-refractivity contribution in [3.63, 3.8) is 0 Å². The molecule has 0 heterocycles. The zero-order valence-electron chi connectivity index (χ0n) is 13.2. The molecule has 0 saturated heterocycles. The molecule has 7 nitrogen and oxygen atoms in total. The van der Waals surface area contributed by atoms with Crippen LogP contribution in [-0.4, -0.2) is 30.1 Å². The van der Waals surface area contributed by atoms with E-state index in [1.165, 1.54) is 37.4 Å². The number of hydrogen-bond acceptors (Lipinski definition) is 6. The molecule has 0 radical (unpaired) electrons. The molecule has 126 valence electrons. The number of phenols is 1. The number of nitrogens with one attached hydrogen (secondary N) is 1. The molecule has 0 aromatic heterocycles. The van der Waals surface area contributed by atoms with Crippen LogP contribution in [0.25, 0.3) is 0 Å². The maximum atomic E-state index is 12.2. The summed E-state index contributed by atoms with van der Waals surface area (Å²) in [5.74, 6) is -0.764. The summed E-state index contributed by atoms with van der Waals surface area (Å²) < 4.78 is 4.61. The van der Waals surface area contributed by atoms with E-state index in [9.17, 15) is 14.7 Å². The Hall–Kier alpha value is -3.06. The molecule has 0 bridgehead atoms. The topological polar surface area (TPSA) is 128 Å². The molecule has 24 heavy (non-hydrogen) atoms. The number of nitrogen functional groups attached to an aromatic ring is 1. The van der Waals surface area contributed by atoms with Crippen molar-refractivity contribution in [1.82, 2.24) is 0 Å². The number of nitrogens with two attached hydrogens (primary N) is 2. The first-order chi connectivity index (χ1) is 11.4. The van der Waals surface area contributed by atoms with Crippen LogP contribution in [-0.2, 0) is 16.0 Å². The zero-order valence-corrected chi connectivity index (χ0v) is 13.2. The molecule has 2 aromatic carbocycles. The van der Waals surface area contributed by atoms with Crippen LogP contribution in [0.2, 0.25) is 0 Å². The smallest absolute Gasteiger partial charge is 0.337 e. The van der Waals surface area contributed by atoms with Crippen LogP contribution in [0.1, 0.15) is 15.9 Å². The summed E-state index contributed by atoms with van der Waals surface area (Å²) in [6.45, 7) is 0. The fourth-order valence-corrected chi connectivity index (χ4v) is 2.13. The van der Waals surface area contributed by atoms with E-state index in [4.69, 9.17) is 11.5 Å². The summed E-state index contributed by atoms with van der Waals surface area (Å²) >= 11 is 0. The van der Waals surface area contributed by atoms with E-state index in [0.29, 0.717) is 17.7 Å². The SMILES string of the molecule is COC(=O)c1ccc(NC(=O)[C@@H](N)Cc2ccc(O)cc2)c(N)c1. The van der Waals surface area contributed by atoms with Gasteiger partial charge in [-0.1, -0.05) is 12.1 Å². The Morgan fingerprint density at radius 1 is 1.21 bits per heavy atom. The number of phenolic OH excluding ortho intramolecular Hbond substituents is 1. The van der Waals surface area contributed by atoms with Gasteiger partial charge in [0.05, 0.1) is 30.1 Å². The highest BCUT2D eigenvalue weighted by atomic mass is 16.5. The fourth-order valence-electron chi connectivity index (χ4n) is 2.13. The van der Waals surface area contributed by atoms with E-state index in [2.05, 4.69) is 10.1 Å². The normalized spacial score (nSPS) is 11.6. The van der Waals surface area contributed by atoms with Crippen molar-refractivity contribution in [3.8, 4) is 5.75 Å². The van der Waals surface area contributed by atoms with Crippen molar-refractivity contribution in [1.29, 1.82) is 0 Å². The van der Waals surface area contributed by atoms with Crippen molar-refractivity contribution in [2.24, 2.45) is 5.73 Å². The van der Waals surface area contributed by atoms with E-state index < -0.39 is 17.9 Å². The van der Waals surface area contributed by atoms with Crippen molar-refractivity contribution in [2.45, 2.75) is 12.5 Å². The average Bonchev–Trinajstić information content (AvgIpc) is 2.57. The minimum Gasteiger partial charge on any atom is -0.508 e. The highest BCUT2D eigenvalue weighted by Crippen LogP contribution is 2.21. The third-order valence-corrected chi connectivity index (χ3v) is 3.46. The Bertz CT molecular complexity index is 744. The van der Waals surface area contributed by atoms with E-state index in [1.54, 1.807) is 12.1 Å². The third-order valence-electron chi connectivity index (χ3n) is 3.46. The van der Waals surface area contributed by atoms with Gasteiger partial charge in [0.25, 0.3) is 0 Å². The standard InChI is InChI=1S/C17H19N3O4/c1-24-17(23)11-4-7-15(13(18)9-11)20-16(22)14(19)8-10-2-5-12(21)6-3-10/h2-7,9,14,21H,8,18-19H2,1H3,(H,20,22)/t14-/m0/s1. The number of benzene rings is 2. The molecule has 2 aromatic rings. The third kappa shape index (κ3) is 4.23. The van der Waals surface area contributed by atoms with Gasteiger partial charge in [0.2, 0.25) is 5.91 Å². The summed E-state index contributed by atoms with van der Waals surface area (Å²) in [5, 5.41) is 11.9. The lowest BCUT2D eigenvalue weighted by Crippen LogP contribution is -2.37. The van der Waals surface area contributed by atoms with Gasteiger partial charge in [-0.05, 0) is 42.3 Å². The second-order valence-corrected chi connectivity index (χ2v) is 5.26. The molecule has 0 aliphatic heterocycles. The van der Waals surface area contributed by atoms with Gasteiger partial charge < -0.3 is 26.6 Å². The lowest BCUT2D eigenvalue weighted by molar-refractivity contribution is -0.117. The van der Waals surface area contributed by atoms with Crippen molar-refractivity contribution in [2.75, 3.05) is 18.2 Å². The summed E-state index contributed by atoms with van der Waals surface area (Å²) in [4.78, 5) is 23.6. The van der Waals surface area contributed by atoms with Crippen molar-refractivity contribution in [3.05, 3.63) is 53.6 Å². The number of anilines is 2. The number of carbonyl (C=O) groups excluding carboxylic acids is 2. The lowest BCUT2D eigenvalue weighted by Gasteiger charge is -2.14. The minimum absolute atomic E-state index is 0.148. The van der Waals surface area contributed by atoms with Gasteiger partial charge in [0.1, 0.15) is 5.75 Å². The maximum Gasteiger partial charge on any atom is 0.337 e. The number of rotatable bonds is 5. The molecule has 1 atom stereocenters. The quantitative estimate of drug-likeness (QED) is 0.483. The van der Waals surface area contributed by atoms with Gasteiger partial charge in [0, 0.05) is 0 Å². The molecule has 1 amide bonds. The largest absolute Gasteiger partial charge is 0.508 e. The summed E-state index contributed by atoms with van der Waals surface area (Å²) in [5.41, 5.74) is 13.5. The highest BCUT2D eigenvalue weighted by Gasteiger charge is 2.16. The summed E-state index contributed by atoms with van der Waals surface area (Å²) in [7, 11) is 1.27. The Labute approximate surface area is 139 Å². The van der Waals surface area contributed by atoms with Crippen molar-refractivity contribution >= 4 is 23.3 Å². The predicted octanol–water partition coefficient (Wildman–Crippen LogP) is 1.27. The molecule has 0 aliphatic carbocycles. The second kappa shape index (κ2) is 7.47. The molecular weight excluding hydrogens is 310 g/mol. The van der Waals surface area contributed by atoms with Gasteiger partial charge in [-0.2, -0.15) is 0 Å². The van der Waals surface area contributed by atoms with Crippen LogP contribution in [0.15, 0.2) is 42.5 Å². The molecule has 0 saturated carbocycles. The number of amides is 1. The number of hydrogen-bond donors (Lipinski definition) is 4. The summed E-state index contributed by atoms with van der Waals surface area (Å²) in [6.07, 6.45) is 0.312. The van der Waals surface area contributed by atoms with Gasteiger partial charge in [-0.3, -0.25) is 4.79 Å². The zero-order chi connectivity index (χ0) is 17.7. The van der Waals surface area contributed by atoms with E-state index in [-0.39, 0.29) is 11.4 Å². The molecular formula is C17H19N3O4. The van der Waals surface area contributed by atoms with Crippen molar-refractivity contribution < 1.29 is 19.4 Å². The van der Waals surface area contributed by atoms with Gasteiger partial charge in [-0.25, -0.2) is 4.79 Å². The Balaban J connectivity index is 2.03. The van der Waals surface area contributed by atoms with Crippen LogP contribution in [0.5, 0.6) is 5.75 Å². The number of esters is 1. The summed E-state index contributed by atoms with van der Waals surface area (Å²) in [6, 6.07) is 10.1. The first-order valence-corrected chi connectivity index (χ1v) is 7.23. The molecule has 0 unspecified atom stereocenters. The Morgan fingerprint density at radius 2 is 1.88 bits per heavy atom. The molecule has 2 rings (SSSR count). The maximum absolute atomic E-state index is 12.2. The van der Waals surface area contributed by atoms with Crippen LogP contribution < -0.4 is 16.8 Å². The first-order valence-electron chi connectivity index (χ1n) is 7.23. The Morgan fingerprint density at radius 3 is 2.46 bits per heavy atom. The van der Waals surface area contributed by atoms with Crippen LogP contribution in [0.4, 0.5) is 11.4 Å². The molecule has 0 spiro atoms. The van der Waals surface area contributed by atoms with Gasteiger partial charge >= 0.3 is 5.97 Å². The van der Waals surface area contributed by atoms with Gasteiger partial charge in [-0.15, -0.1) is 0 Å². The lowest BCUT2D eigenvalue weighted by atomic mass is 10.1. The molecule has 0 aliphatic rings. The molecule has 7 heteroatoms. The number of methoxy groups -OCH3 is 1. The van der Waals surface area contributed by atoms with E-state index in [0.717, 1.165) is 5.56 Å². The highest BCUT2D eigenvalue weighted by molar-refractivity contribution is 5.99. The average molecular weight is 329 g/mol. The first kappa shape index (κ1) is 17.3. The van der Waals surface area contributed by atoms with Crippen LogP contribution in [0.3, 0.4) is 0 Å². The molecule has 0 fully saturated rings. The van der Waals surface area contributed by atoms with Crippen LogP contribution in [0, 0.1) is 0 Å². The van der Waals surface area contributed by atoms with E-state index in [1.807, 2.05) is 0 Å². The number of carbonyl (C=O) groups is 2. The predicted molar refractivity (Wildman–Crippen MR) is 90.6 cm³/mol. The monoisotopic (exact) mass is 329 g/mol. The van der Waals surface area contributed by atoms with E-state index >= 15 is 0 Å². The van der Waals surface area contributed by atoms with Gasteiger partial charge in [0.15, 0.2) is 0 Å². The minimum atomic E-state index is -0.783. The number of ether oxygens (including phenoxy) is 1. The molecule has 6 N–H and O–H groups in total. The Kier molecular flexibility index (Phi) is 5.39.